The van der Waals surface area contributed by atoms with E-state index in [9.17, 15) is 4.79 Å². The Labute approximate surface area is 75.5 Å². The van der Waals surface area contributed by atoms with Crippen molar-refractivity contribution in [2.45, 2.75) is 6.92 Å². The Bertz CT molecular complexity index is 312. The van der Waals surface area contributed by atoms with E-state index in [2.05, 4.69) is 5.32 Å². The van der Waals surface area contributed by atoms with Crippen LogP contribution in [0.15, 0.2) is 18.2 Å². The summed E-state index contributed by atoms with van der Waals surface area (Å²) in [7, 11) is 0. The third-order valence-electron chi connectivity index (χ3n) is 1.32. The zero-order valence-corrected chi connectivity index (χ0v) is 7.35. The fourth-order valence-corrected chi connectivity index (χ4v) is 0.989. The molecule has 64 valence electrons. The molecule has 12 heavy (non-hydrogen) atoms. The van der Waals surface area contributed by atoms with Crippen LogP contribution in [0.2, 0.25) is 5.02 Å². The standard InChI is InChI=1S/C8H9ClN2O/c1-5(12)11-6-2-3-8(10)7(9)4-6/h2-4H,10H2,1H3,(H,11,12). The number of nitrogen functional groups attached to an aromatic ring is 1. The van der Waals surface area contributed by atoms with Gasteiger partial charge in [-0.05, 0) is 18.2 Å². The Hall–Kier alpha value is -1.22. The monoisotopic (exact) mass is 184 g/mol. The average Bonchev–Trinajstić information content (AvgIpc) is 1.96. The molecule has 4 heteroatoms. The molecule has 0 unspecified atom stereocenters. The normalized spacial score (nSPS) is 9.50. The van der Waals surface area contributed by atoms with Gasteiger partial charge < -0.3 is 11.1 Å². The van der Waals surface area contributed by atoms with Crippen LogP contribution in [-0.4, -0.2) is 5.91 Å². The molecule has 0 aliphatic carbocycles. The Balaban J connectivity index is 2.89. The van der Waals surface area contributed by atoms with Crippen LogP contribution >= 0.6 is 11.6 Å². The first-order valence-corrected chi connectivity index (χ1v) is 3.80. The van der Waals surface area contributed by atoms with Crippen molar-refractivity contribution in [1.82, 2.24) is 0 Å². The maximum atomic E-state index is 10.6. The molecule has 3 N–H and O–H groups in total. The first kappa shape index (κ1) is 8.87. The molecule has 0 aliphatic heterocycles. The first-order chi connectivity index (χ1) is 5.59. The van der Waals surface area contributed by atoms with Crippen LogP contribution in [-0.2, 0) is 4.79 Å². The van der Waals surface area contributed by atoms with Crippen molar-refractivity contribution in [1.29, 1.82) is 0 Å². The van der Waals surface area contributed by atoms with E-state index < -0.39 is 0 Å². The van der Waals surface area contributed by atoms with Gasteiger partial charge in [-0.1, -0.05) is 11.6 Å². The van der Waals surface area contributed by atoms with Gasteiger partial charge in [0.1, 0.15) is 0 Å². The second-order valence-electron chi connectivity index (χ2n) is 2.42. The van der Waals surface area contributed by atoms with Gasteiger partial charge in [0.15, 0.2) is 0 Å². The summed E-state index contributed by atoms with van der Waals surface area (Å²) in [6.07, 6.45) is 0. The molecular formula is C8H9ClN2O. The summed E-state index contributed by atoms with van der Waals surface area (Å²) in [5.41, 5.74) is 6.63. The number of anilines is 2. The van der Waals surface area contributed by atoms with E-state index in [1.807, 2.05) is 0 Å². The van der Waals surface area contributed by atoms with E-state index in [4.69, 9.17) is 17.3 Å². The lowest BCUT2D eigenvalue weighted by Crippen LogP contribution is -2.05. The number of rotatable bonds is 1. The lowest BCUT2D eigenvalue weighted by molar-refractivity contribution is -0.114. The van der Waals surface area contributed by atoms with Gasteiger partial charge in [0.25, 0.3) is 0 Å². The number of benzene rings is 1. The van der Waals surface area contributed by atoms with Crippen LogP contribution in [0.1, 0.15) is 6.92 Å². The molecule has 1 aromatic rings. The van der Waals surface area contributed by atoms with E-state index in [0.29, 0.717) is 16.4 Å². The Morgan fingerprint density at radius 1 is 1.58 bits per heavy atom. The molecule has 0 aliphatic rings. The number of carbonyl (C=O) groups is 1. The highest BCUT2D eigenvalue weighted by Gasteiger charge is 1.98. The zero-order chi connectivity index (χ0) is 9.14. The third-order valence-corrected chi connectivity index (χ3v) is 1.65. The van der Waals surface area contributed by atoms with Crippen molar-refractivity contribution in [3.8, 4) is 0 Å². The number of hydrogen-bond donors (Lipinski definition) is 2. The molecule has 0 radical (unpaired) electrons. The van der Waals surface area contributed by atoms with Crippen molar-refractivity contribution in [3.63, 3.8) is 0 Å². The molecule has 0 bridgehead atoms. The highest BCUT2D eigenvalue weighted by atomic mass is 35.5. The number of nitrogens with one attached hydrogen (secondary N) is 1. The van der Waals surface area contributed by atoms with Gasteiger partial charge in [0.2, 0.25) is 5.91 Å². The van der Waals surface area contributed by atoms with Crippen LogP contribution in [0.4, 0.5) is 11.4 Å². The van der Waals surface area contributed by atoms with Crippen molar-refractivity contribution in [2.24, 2.45) is 0 Å². The van der Waals surface area contributed by atoms with E-state index in [0.717, 1.165) is 0 Å². The fourth-order valence-electron chi connectivity index (χ4n) is 0.808. The second kappa shape index (κ2) is 3.45. The van der Waals surface area contributed by atoms with Crippen LogP contribution in [0.5, 0.6) is 0 Å². The van der Waals surface area contributed by atoms with Gasteiger partial charge in [0, 0.05) is 12.6 Å². The van der Waals surface area contributed by atoms with Crippen molar-refractivity contribution in [2.75, 3.05) is 11.1 Å². The molecule has 0 heterocycles. The van der Waals surface area contributed by atoms with E-state index >= 15 is 0 Å². The molecule has 1 amide bonds. The van der Waals surface area contributed by atoms with Crippen LogP contribution < -0.4 is 11.1 Å². The van der Waals surface area contributed by atoms with Crippen LogP contribution in [0.25, 0.3) is 0 Å². The van der Waals surface area contributed by atoms with Crippen molar-refractivity contribution in [3.05, 3.63) is 23.2 Å². The molecule has 0 saturated carbocycles. The van der Waals surface area contributed by atoms with Crippen LogP contribution in [0, 0.1) is 0 Å². The van der Waals surface area contributed by atoms with E-state index in [1.165, 1.54) is 6.92 Å². The Kier molecular flexibility index (Phi) is 2.55. The smallest absolute Gasteiger partial charge is 0.221 e. The number of nitrogens with two attached hydrogens (primary N) is 1. The third kappa shape index (κ3) is 2.13. The van der Waals surface area contributed by atoms with Crippen LogP contribution in [0.3, 0.4) is 0 Å². The SMILES string of the molecule is CC(=O)Nc1ccc(N)c(Cl)c1. The summed E-state index contributed by atoms with van der Waals surface area (Å²) >= 11 is 5.72. The minimum Gasteiger partial charge on any atom is -0.398 e. The van der Waals surface area contributed by atoms with Gasteiger partial charge in [-0.15, -0.1) is 0 Å². The number of hydrogen-bond acceptors (Lipinski definition) is 2. The first-order valence-electron chi connectivity index (χ1n) is 3.42. The topological polar surface area (TPSA) is 55.1 Å². The maximum Gasteiger partial charge on any atom is 0.221 e. The van der Waals surface area contributed by atoms with Gasteiger partial charge in [-0.25, -0.2) is 0 Å². The number of carbonyl (C=O) groups excluding carboxylic acids is 1. The minimum absolute atomic E-state index is 0.129. The second-order valence-corrected chi connectivity index (χ2v) is 2.82. The Morgan fingerprint density at radius 2 is 2.25 bits per heavy atom. The molecule has 1 aromatic carbocycles. The van der Waals surface area contributed by atoms with E-state index in [-0.39, 0.29) is 5.91 Å². The quantitative estimate of drug-likeness (QED) is 0.655. The molecule has 3 nitrogen and oxygen atoms in total. The maximum absolute atomic E-state index is 10.6. The summed E-state index contributed by atoms with van der Waals surface area (Å²) in [4.78, 5) is 10.6. The van der Waals surface area contributed by atoms with Gasteiger partial charge >= 0.3 is 0 Å². The molecule has 0 saturated heterocycles. The number of amides is 1. The highest BCUT2D eigenvalue weighted by Crippen LogP contribution is 2.22. The molecule has 0 spiro atoms. The molecule has 0 atom stereocenters. The van der Waals surface area contributed by atoms with Gasteiger partial charge in [-0.2, -0.15) is 0 Å². The highest BCUT2D eigenvalue weighted by molar-refractivity contribution is 6.33. The average molecular weight is 185 g/mol. The lowest BCUT2D eigenvalue weighted by atomic mass is 10.3. The zero-order valence-electron chi connectivity index (χ0n) is 6.60. The largest absolute Gasteiger partial charge is 0.398 e. The summed E-state index contributed by atoms with van der Waals surface area (Å²) in [5.74, 6) is -0.129. The molecule has 0 aromatic heterocycles. The number of halogens is 1. The molecule has 1 rings (SSSR count). The predicted octanol–water partition coefficient (Wildman–Crippen LogP) is 1.88. The summed E-state index contributed by atoms with van der Waals surface area (Å²) in [6.45, 7) is 1.43. The fraction of sp³-hybridized carbons (Fsp3) is 0.125. The van der Waals surface area contributed by atoms with Gasteiger partial charge in [0.05, 0.1) is 10.7 Å². The summed E-state index contributed by atoms with van der Waals surface area (Å²) in [6, 6.07) is 4.95. The minimum atomic E-state index is -0.129. The predicted molar refractivity (Wildman–Crippen MR) is 50.2 cm³/mol. The van der Waals surface area contributed by atoms with E-state index in [1.54, 1.807) is 18.2 Å². The Morgan fingerprint density at radius 3 is 2.75 bits per heavy atom. The van der Waals surface area contributed by atoms with Gasteiger partial charge in [-0.3, -0.25) is 4.79 Å². The summed E-state index contributed by atoms with van der Waals surface area (Å²) in [5, 5.41) is 3.04. The lowest BCUT2D eigenvalue weighted by Gasteiger charge is -2.03. The van der Waals surface area contributed by atoms with Crippen molar-refractivity contribution < 1.29 is 4.79 Å². The molecule has 0 fully saturated rings. The summed E-state index contributed by atoms with van der Waals surface area (Å²) < 4.78 is 0. The molecular weight excluding hydrogens is 176 g/mol. The van der Waals surface area contributed by atoms with Crippen molar-refractivity contribution >= 4 is 28.9 Å².